The third-order valence-corrected chi connectivity index (χ3v) is 4.97. The Kier molecular flexibility index (Phi) is 3.46. The molecule has 132 valence electrons. The van der Waals surface area contributed by atoms with Crippen molar-refractivity contribution in [3.8, 4) is 11.5 Å². The molecule has 2 atom stereocenters. The number of benzene rings is 2. The minimum absolute atomic E-state index is 0.0695. The topological polar surface area (TPSA) is 27.7 Å². The molecule has 2 bridgehead atoms. The van der Waals surface area contributed by atoms with E-state index in [9.17, 15) is 0 Å². The van der Waals surface area contributed by atoms with Gasteiger partial charge in [-0.2, -0.15) is 0 Å². The molecule has 2 aliphatic rings. The average molecular weight is 338 g/mol. The summed E-state index contributed by atoms with van der Waals surface area (Å²) in [5.74, 6) is 1.70. The first-order valence-corrected chi connectivity index (χ1v) is 8.90. The molecule has 3 heteroatoms. The van der Waals surface area contributed by atoms with Gasteiger partial charge >= 0.3 is 0 Å². The van der Waals surface area contributed by atoms with Gasteiger partial charge in [0.15, 0.2) is 0 Å². The SMILES string of the molecule is CC(C)(C)c1ccc2c(c1)C1Oc3ccc(C(C)(C)C)cc3C(O2)O1. The molecular weight excluding hydrogens is 312 g/mol. The summed E-state index contributed by atoms with van der Waals surface area (Å²) in [6.45, 7) is 13.2. The summed E-state index contributed by atoms with van der Waals surface area (Å²) in [5.41, 5.74) is 4.56. The second-order valence-electron chi connectivity index (χ2n) is 9.04. The third kappa shape index (κ3) is 2.81. The Morgan fingerprint density at radius 1 is 0.640 bits per heavy atom. The van der Waals surface area contributed by atoms with Crippen molar-refractivity contribution in [3.63, 3.8) is 0 Å². The van der Waals surface area contributed by atoms with Crippen LogP contribution in [0.25, 0.3) is 0 Å². The maximum atomic E-state index is 6.16. The summed E-state index contributed by atoms with van der Waals surface area (Å²) in [5, 5.41) is 0. The van der Waals surface area contributed by atoms with Crippen LogP contribution in [0.4, 0.5) is 0 Å². The molecule has 0 spiro atoms. The summed E-state index contributed by atoms with van der Waals surface area (Å²) in [6.07, 6.45) is -0.826. The average Bonchev–Trinajstić information content (AvgIpc) is 2.52. The van der Waals surface area contributed by atoms with Gasteiger partial charge in [0.05, 0.1) is 11.1 Å². The van der Waals surface area contributed by atoms with Crippen molar-refractivity contribution in [1.82, 2.24) is 0 Å². The van der Waals surface area contributed by atoms with Crippen LogP contribution in [0.5, 0.6) is 11.5 Å². The molecule has 0 saturated heterocycles. The molecule has 2 aromatic rings. The minimum atomic E-state index is -0.413. The fourth-order valence-electron chi connectivity index (χ4n) is 3.29. The fourth-order valence-corrected chi connectivity index (χ4v) is 3.29. The highest BCUT2D eigenvalue weighted by atomic mass is 16.8. The number of fused-ring (bicyclic) bond motifs is 6. The van der Waals surface area contributed by atoms with Crippen molar-refractivity contribution in [1.29, 1.82) is 0 Å². The second kappa shape index (κ2) is 5.25. The van der Waals surface area contributed by atoms with E-state index in [-0.39, 0.29) is 10.8 Å². The van der Waals surface area contributed by atoms with Gasteiger partial charge in [-0.3, -0.25) is 4.74 Å². The lowest BCUT2D eigenvalue weighted by molar-refractivity contribution is -0.227. The highest BCUT2D eigenvalue weighted by Gasteiger charge is 2.38. The molecular formula is C22H26O3. The van der Waals surface area contributed by atoms with Crippen molar-refractivity contribution in [3.05, 3.63) is 58.7 Å². The van der Waals surface area contributed by atoms with Crippen molar-refractivity contribution in [2.45, 2.75) is 65.0 Å². The second-order valence-corrected chi connectivity index (χ2v) is 9.04. The Bertz CT molecular complexity index is 755. The van der Waals surface area contributed by atoms with Crippen LogP contribution in [-0.2, 0) is 15.6 Å². The molecule has 25 heavy (non-hydrogen) atoms. The van der Waals surface area contributed by atoms with Crippen molar-refractivity contribution >= 4 is 0 Å². The van der Waals surface area contributed by atoms with E-state index in [0.717, 1.165) is 22.6 Å². The lowest BCUT2D eigenvalue weighted by Crippen LogP contribution is -2.31. The first-order chi connectivity index (χ1) is 11.6. The van der Waals surface area contributed by atoms with Gasteiger partial charge in [0.1, 0.15) is 11.5 Å². The van der Waals surface area contributed by atoms with Crippen LogP contribution in [0.2, 0.25) is 0 Å². The molecule has 0 aromatic heterocycles. The molecule has 0 aliphatic carbocycles. The fraction of sp³-hybridized carbons (Fsp3) is 0.455. The van der Waals surface area contributed by atoms with Gasteiger partial charge in [0, 0.05) is 0 Å². The largest absolute Gasteiger partial charge is 0.460 e. The molecule has 2 unspecified atom stereocenters. The maximum Gasteiger partial charge on any atom is 0.233 e. The summed E-state index contributed by atoms with van der Waals surface area (Å²) >= 11 is 0. The Labute approximate surface area is 149 Å². The van der Waals surface area contributed by atoms with E-state index < -0.39 is 12.6 Å². The Balaban J connectivity index is 1.74. The molecule has 2 aliphatic heterocycles. The predicted octanol–water partition coefficient (Wildman–Crippen LogP) is 5.78. The van der Waals surface area contributed by atoms with Gasteiger partial charge < -0.3 is 9.47 Å². The minimum Gasteiger partial charge on any atom is -0.460 e. The zero-order chi connectivity index (χ0) is 18.0. The van der Waals surface area contributed by atoms with Crippen LogP contribution in [0, 0.1) is 0 Å². The van der Waals surface area contributed by atoms with Crippen molar-refractivity contribution in [2.75, 3.05) is 0 Å². The van der Waals surface area contributed by atoms with Crippen molar-refractivity contribution in [2.24, 2.45) is 0 Å². The smallest absolute Gasteiger partial charge is 0.233 e. The number of rotatable bonds is 0. The van der Waals surface area contributed by atoms with Gasteiger partial charge in [-0.15, -0.1) is 0 Å². The first-order valence-electron chi connectivity index (χ1n) is 8.90. The summed E-state index contributed by atoms with van der Waals surface area (Å²) < 4.78 is 18.4. The number of hydrogen-bond donors (Lipinski definition) is 0. The predicted molar refractivity (Wildman–Crippen MR) is 98.1 cm³/mol. The van der Waals surface area contributed by atoms with Crippen LogP contribution in [0.15, 0.2) is 36.4 Å². The van der Waals surface area contributed by atoms with Crippen LogP contribution < -0.4 is 9.47 Å². The summed E-state index contributed by atoms with van der Waals surface area (Å²) in [7, 11) is 0. The zero-order valence-electron chi connectivity index (χ0n) is 15.8. The van der Waals surface area contributed by atoms with E-state index in [4.69, 9.17) is 14.2 Å². The van der Waals surface area contributed by atoms with Crippen LogP contribution >= 0.6 is 0 Å². The maximum absolute atomic E-state index is 6.16. The molecule has 0 radical (unpaired) electrons. The van der Waals surface area contributed by atoms with Crippen LogP contribution in [0.1, 0.15) is 76.4 Å². The van der Waals surface area contributed by atoms with Gasteiger partial charge in [0.2, 0.25) is 12.6 Å². The molecule has 2 heterocycles. The molecule has 0 N–H and O–H groups in total. The highest BCUT2D eigenvalue weighted by molar-refractivity contribution is 5.47. The number of hydrogen-bond acceptors (Lipinski definition) is 3. The van der Waals surface area contributed by atoms with Gasteiger partial charge in [-0.1, -0.05) is 53.7 Å². The molecule has 0 saturated carbocycles. The molecule has 2 aromatic carbocycles. The van der Waals surface area contributed by atoms with E-state index in [2.05, 4.69) is 65.8 Å². The van der Waals surface area contributed by atoms with E-state index in [0.29, 0.717) is 0 Å². The normalized spacial score (nSPS) is 21.7. The van der Waals surface area contributed by atoms with Gasteiger partial charge in [-0.05, 0) is 46.2 Å². The van der Waals surface area contributed by atoms with Crippen molar-refractivity contribution < 1.29 is 14.2 Å². The monoisotopic (exact) mass is 338 g/mol. The Hall–Kier alpha value is -2.00. The third-order valence-electron chi connectivity index (χ3n) is 4.97. The van der Waals surface area contributed by atoms with Gasteiger partial charge in [-0.25, -0.2) is 0 Å². The highest BCUT2D eigenvalue weighted by Crippen LogP contribution is 2.49. The van der Waals surface area contributed by atoms with Crippen LogP contribution in [-0.4, -0.2) is 0 Å². The molecule has 0 amide bonds. The standard InChI is InChI=1S/C22H26O3/c1-21(2,3)13-7-9-17-15(11-13)19-24-18-10-8-14(22(4,5)6)12-16(18)20(23-17)25-19/h7-12,19-20H,1-6H3. The molecule has 3 nitrogen and oxygen atoms in total. The lowest BCUT2D eigenvalue weighted by Gasteiger charge is -2.39. The Morgan fingerprint density at radius 2 is 1.04 bits per heavy atom. The molecule has 0 fully saturated rings. The Morgan fingerprint density at radius 3 is 1.40 bits per heavy atom. The quantitative estimate of drug-likeness (QED) is 0.609. The van der Waals surface area contributed by atoms with E-state index in [1.807, 2.05) is 12.1 Å². The summed E-state index contributed by atoms with van der Waals surface area (Å²) in [4.78, 5) is 0. The van der Waals surface area contributed by atoms with E-state index in [1.54, 1.807) is 0 Å². The van der Waals surface area contributed by atoms with E-state index >= 15 is 0 Å². The van der Waals surface area contributed by atoms with Crippen LogP contribution in [0.3, 0.4) is 0 Å². The summed E-state index contributed by atoms with van der Waals surface area (Å²) in [6, 6.07) is 12.6. The first kappa shape index (κ1) is 16.5. The lowest BCUT2D eigenvalue weighted by atomic mass is 9.85. The number of ether oxygens (including phenoxy) is 3. The molecule has 4 rings (SSSR count). The van der Waals surface area contributed by atoms with Gasteiger partial charge in [0.25, 0.3) is 0 Å². The zero-order valence-corrected chi connectivity index (χ0v) is 15.8. The van der Waals surface area contributed by atoms with E-state index in [1.165, 1.54) is 11.1 Å².